The zero-order valence-electron chi connectivity index (χ0n) is 11.3. The number of hydrogen-bond donors (Lipinski definition) is 1. The van der Waals surface area contributed by atoms with E-state index in [4.69, 9.17) is 0 Å². The van der Waals surface area contributed by atoms with Gasteiger partial charge in [0.1, 0.15) is 0 Å². The maximum atomic E-state index is 9.46. The Morgan fingerprint density at radius 1 is 1.50 bits per heavy atom. The molecule has 18 heavy (non-hydrogen) atoms. The lowest BCUT2D eigenvalue weighted by molar-refractivity contribution is 0.0422. The number of rotatable bonds is 4. The highest BCUT2D eigenvalue weighted by atomic mass is 16.3. The largest absolute Gasteiger partial charge is 0.392 e. The van der Waals surface area contributed by atoms with Crippen LogP contribution in [0.1, 0.15) is 19.4 Å². The van der Waals surface area contributed by atoms with Crippen molar-refractivity contribution in [3.8, 4) is 0 Å². The summed E-state index contributed by atoms with van der Waals surface area (Å²) in [5, 5.41) is 9.46. The van der Waals surface area contributed by atoms with Gasteiger partial charge in [-0.2, -0.15) is 0 Å². The lowest BCUT2D eigenvalue weighted by Crippen LogP contribution is -2.53. The van der Waals surface area contributed by atoms with Gasteiger partial charge in [-0.25, -0.2) is 0 Å². The number of pyridine rings is 1. The Kier molecular flexibility index (Phi) is 4.69. The van der Waals surface area contributed by atoms with Gasteiger partial charge >= 0.3 is 0 Å². The number of hydrogen-bond acceptors (Lipinski definition) is 4. The van der Waals surface area contributed by atoms with Crippen molar-refractivity contribution in [2.24, 2.45) is 0 Å². The van der Waals surface area contributed by atoms with Crippen LogP contribution in [-0.4, -0.2) is 58.2 Å². The van der Waals surface area contributed by atoms with Crippen LogP contribution >= 0.6 is 0 Å². The molecular weight excluding hydrogens is 226 g/mol. The molecule has 0 amide bonds. The van der Waals surface area contributed by atoms with Crippen LogP contribution in [0.3, 0.4) is 0 Å². The lowest BCUT2D eigenvalue weighted by atomic mass is 10.1. The number of β-amino-alcohol motifs (C(OH)–C–C–N with tert-alkyl or cyclic N) is 1. The molecule has 0 saturated carbocycles. The van der Waals surface area contributed by atoms with Gasteiger partial charge in [-0.3, -0.25) is 14.8 Å². The zero-order chi connectivity index (χ0) is 13.0. The first kappa shape index (κ1) is 13.5. The molecule has 1 aromatic rings. The van der Waals surface area contributed by atoms with Crippen LogP contribution in [0.25, 0.3) is 0 Å². The lowest BCUT2D eigenvalue weighted by Gasteiger charge is -2.40. The maximum absolute atomic E-state index is 9.46. The smallest absolute Gasteiger partial charge is 0.0639 e. The molecule has 1 N–H and O–H groups in total. The third-order valence-corrected chi connectivity index (χ3v) is 3.48. The van der Waals surface area contributed by atoms with Crippen LogP contribution in [-0.2, 0) is 6.54 Å². The van der Waals surface area contributed by atoms with E-state index in [-0.39, 0.29) is 6.10 Å². The van der Waals surface area contributed by atoms with Crippen molar-refractivity contribution >= 4 is 0 Å². The average molecular weight is 249 g/mol. The highest BCUT2D eigenvalue weighted by molar-refractivity contribution is 5.08. The molecule has 0 radical (unpaired) electrons. The molecule has 4 nitrogen and oxygen atoms in total. The summed E-state index contributed by atoms with van der Waals surface area (Å²) in [6, 6.07) is 4.62. The molecule has 0 bridgehead atoms. The fraction of sp³-hybridized carbons (Fsp3) is 0.643. The molecule has 1 saturated heterocycles. The summed E-state index contributed by atoms with van der Waals surface area (Å²) in [5.74, 6) is 0. The molecular formula is C14H23N3O. The number of aliphatic hydroxyl groups is 1. The van der Waals surface area contributed by atoms with Crippen molar-refractivity contribution in [1.82, 2.24) is 14.8 Å². The predicted octanol–water partition coefficient (Wildman–Crippen LogP) is 0.968. The van der Waals surface area contributed by atoms with Gasteiger partial charge in [-0.1, -0.05) is 6.07 Å². The molecule has 1 aromatic heterocycles. The number of aliphatic hydroxyl groups excluding tert-OH is 1. The van der Waals surface area contributed by atoms with Crippen LogP contribution in [0.4, 0.5) is 0 Å². The first-order chi connectivity index (χ1) is 8.65. The Bertz CT molecular complexity index is 355. The van der Waals surface area contributed by atoms with E-state index in [1.54, 1.807) is 0 Å². The minimum atomic E-state index is -0.239. The van der Waals surface area contributed by atoms with Gasteiger partial charge in [0.25, 0.3) is 0 Å². The maximum Gasteiger partial charge on any atom is 0.0639 e. The average Bonchev–Trinajstić information content (AvgIpc) is 2.33. The molecule has 0 aliphatic carbocycles. The molecule has 2 rings (SSSR count). The van der Waals surface area contributed by atoms with E-state index in [9.17, 15) is 5.11 Å². The number of aromatic nitrogens is 1. The molecule has 1 aliphatic heterocycles. The SMILES string of the molecule is CC(O)CN1CCN(Cc2cccnc2)CC1C. The quantitative estimate of drug-likeness (QED) is 0.863. The van der Waals surface area contributed by atoms with Gasteiger partial charge in [0.2, 0.25) is 0 Å². The summed E-state index contributed by atoms with van der Waals surface area (Å²) in [6.07, 6.45) is 3.51. The van der Waals surface area contributed by atoms with Crippen molar-refractivity contribution in [2.45, 2.75) is 32.5 Å². The van der Waals surface area contributed by atoms with E-state index in [1.807, 2.05) is 25.4 Å². The molecule has 2 unspecified atom stereocenters. The minimum Gasteiger partial charge on any atom is -0.392 e. The second-order valence-corrected chi connectivity index (χ2v) is 5.29. The second-order valence-electron chi connectivity index (χ2n) is 5.29. The topological polar surface area (TPSA) is 39.6 Å². The first-order valence-electron chi connectivity index (χ1n) is 6.68. The fourth-order valence-electron chi connectivity index (χ4n) is 2.57. The summed E-state index contributed by atoms with van der Waals surface area (Å²) >= 11 is 0. The molecule has 4 heteroatoms. The molecule has 0 aromatic carbocycles. The van der Waals surface area contributed by atoms with E-state index >= 15 is 0 Å². The minimum absolute atomic E-state index is 0.239. The van der Waals surface area contributed by atoms with Crippen molar-refractivity contribution in [2.75, 3.05) is 26.2 Å². The summed E-state index contributed by atoms with van der Waals surface area (Å²) in [6.45, 7) is 9.00. The van der Waals surface area contributed by atoms with Crippen molar-refractivity contribution in [3.05, 3.63) is 30.1 Å². The number of piperazine rings is 1. The van der Waals surface area contributed by atoms with Crippen molar-refractivity contribution in [3.63, 3.8) is 0 Å². The molecule has 0 spiro atoms. The fourth-order valence-corrected chi connectivity index (χ4v) is 2.57. The normalized spacial score (nSPS) is 24.1. The third kappa shape index (κ3) is 3.77. The van der Waals surface area contributed by atoms with Crippen LogP contribution in [0.2, 0.25) is 0 Å². The highest BCUT2D eigenvalue weighted by Gasteiger charge is 2.24. The Hall–Kier alpha value is -0.970. The van der Waals surface area contributed by atoms with Crippen LogP contribution in [0.5, 0.6) is 0 Å². The second kappa shape index (κ2) is 6.27. The zero-order valence-corrected chi connectivity index (χ0v) is 11.3. The Labute approximate surface area is 109 Å². The van der Waals surface area contributed by atoms with Gasteiger partial charge in [-0.05, 0) is 25.5 Å². The Balaban J connectivity index is 1.85. The summed E-state index contributed by atoms with van der Waals surface area (Å²) in [7, 11) is 0. The van der Waals surface area contributed by atoms with Gasteiger partial charge in [0.05, 0.1) is 6.10 Å². The Morgan fingerprint density at radius 2 is 2.33 bits per heavy atom. The summed E-state index contributed by atoms with van der Waals surface area (Å²) in [4.78, 5) is 8.98. The van der Waals surface area contributed by atoms with Gasteiger partial charge in [-0.15, -0.1) is 0 Å². The van der Waals surface area contributed by atoms with Gasteiger partial charge < -0.3 is 5.11 Å². The van der Waals surface area contributed by atoms with E-state index in [0.717, 1.165) is 32.7 Å². The van der Waals surface area contributed by atoms with Gasteiger partial charge in [0.15, 0.2) is 0 Å². The van der Waals surface area contributed by atoms with Crippen LogP contribution in [0.15, 0.2) is 24.5 Å². The van der Waals surface area contributed by atoms with Crippen molar-refractivity contribution in [1.29, 1.82) is 0 Å². The van der Waals surface area contributed by atoms with E-state index in [1.165, 1.54) is 5.56 Å². The van der Waals surface area contributed by atoms with Crippen LogP contribution in [0, 0.1) is 0 Å². The van der Waals surface area contributed by atoms with E-state index < -0.39 is 0 Å². The summed E-state index contributed by atoms with van der Waals surface area (Å²) in [5.41, 5.74) is 1.27. The molecule has 2 heterocycles. The number of nitrogens with zero attached hydrogens (tertiary/aromatic N) is 3. The predicted molar refractivity (Wildman–Crippen MR) is 72.2 cm³/mol. The first-order valence-corrected chi connectivity index (χ1v) is 6.68. The molecule has 1 aliphatic rings. The van der Waals surface area contributed by atoms with E-state index in [0.29, 0.717) is 6.04 Å². The van der Waals surface area contributed by atoms with Crippen LogP contribution < -0.4 is 0 Å². The van der Waals surface area contributed by atoms with Gasteiger partial charge in [0, 0.05) is 51.2 Å². The standard InChI is InChI=1S/C14H23N3O/c1-12-9-16(6-7-17(12)10-13(2)18)11-14-4-3-5-15-8-14/h3-5,8,12-13,18H,6-7,9-11H2,1-2H3. The highest BCUT2D eigenvalue weighted by Crippen LogP contribution is 2.12. The third-order valence-electron chi connectivity index (χ3n) is 3.48. The molecule has 100 valence electrons. The van der Waals surface area contributed by atoms with E-state index in [2.05, 4.69) is 27.8 Å². The Morgan fingerprint density at radius 3 is 2.94 bits per heavy atom. The monoisotopic (exact) mass is 249 g/mol. The molecule has 2 atom stereocenters. The van der Waals surface area contributed by atoms with Crippen molar-refractivity contribution < 1.29 is 5.11 Å². The molecule has 1 fully saturated rings. The summed E-state index contributed by atoms with van der Waals surface area (Å²) < 4.78 is 0.